The standard InChI is InChI=1S/C17H19ClN4O3/c1-21(2)17-19-13-9-22(8-7-12(13)15(24)20-17)16(25)14(23)10-3-5-11(18)6-4-10/h3-6,14,23H,7-9H2,1-2H3,(H,19,20,24)/t14-/m1/s1. The molecular formula is C17H19ClN4O3. The lowest BCUT2D eigenvalue weighted by Crippen LogP contribution is -2.41. The number of benzene rings is 1. The number of H-pyrrole nitrogens is 1. The highest BCUT2D eigenvalue weighted by Gasteiger charge is 2.29. The van der Waals surface area contributed by atoms with Gasteiger partial charge in [0.25, 0.3) is 11.5 Å². The van der Waals surface area contributed by atoms with Crippen LogP contribution in [0.2, 0.25) is 5.02 Å². The average Bonchev–Trinajstić information content (AvgIpc) is 2.60. The summed E-state index contributed by atoms with van der Waals surface area (Å²) >= 11 is 5.83. The molecule has 1 atom stereocenters. The predicted octanol–water partition coefficient (Wildman–Crippen LogP) is 1.11. The number of aliphatic hydroxyl groups is 1. The van der Waals surface area contributed by atoms with Gasteiger partial charge in [-0.2, -0.15) is 0 Å². The van der Waals surface area contributed by atoms with Crippen molar-refractivity contribution < 1.29 is 9.90 Å². The Morgan fingerprint density at radius 2 is 2.04 bits per heavy atom. The van der Waals surface area contributed by atoms with E-state index in [0.29, 0.717) is 40.8 Å². The summed E-state index contributed by atoms with van der Waals surface area (Å²) < 4.78 is 0. The van der Waals surface area contributed by atoms with Gasteiger partial charge in [0.1, 0.15) is 0 Å². The topological polar surface area (TPSA) is 89.5 Å². The summed E-state index contributed by atoms with van der Waals surface area (Å²) in [6.07, 6.45) is -0.862. The molecule has 1 amide bonds. The lowest BCUT2D eigenvalue weighted by molar-refractivity contribution is -0.141. The first kappa shape index (κ1) is 17.4. The maximum absolute atomic E-state index is 12.6. The van der Waals surface area contributed by atoms with Crippen molar-refractivity contribution in [1.82, 2.24) is 14.9 Å². The summed E-state index contributed by atoms with van der Waals surface area (Å²) in [5.74, 6) is 0.0257. The Bertz CT molecular complexity index is 848. The third-order valence-corrected chi connectivity index (χ3v) is 4.47. The van der Waals surface area contributed by atoms with Gasteiger partial charge < -0.3 is 14.9 Å². The third kappa shape index (κ3) is 3.52. The van der Waals surface area contributed by atoms with Crippen LogP contribution in [0.3, 0.4) is 0 Å². The van der Waals surface area contributed by atoms with E-state index in [1.807, 2.05) is 0 Å². The number of amides is 1. The number of hydrogen-bond acceptors (Lipinski definition) is 5. The van der Waals surface area contributed by atoms with E-state index in [0.717, 1.165) is 0 Å². The molecule has 2 N–H and O–H groups in total. The predicted molar refractivity (Wildman–Crippen MR) is 94.7 cm³/mol. The van der Waals surface area contributed by atoms with E-state index in [1.165, 1.54) is 4.90 Å². The van der Waals surface area contributed by atoms with Gasteiger partial charge in [0.15, 0.2) is 6.10 Å². The van der Waals surface area contributed by atoms with E-state index < -0.39 is 12.0 Å². The molecule has 0 aliphatic carbocycles. The van der Waals surface area contributed by atoms with Crippen LogP contribution in [0.25, 0.3) is 0 Å². The molecule has 2 aromatic rings. The summed E-state index contributed by atoms with van der Waals surface area (Å²) in [5, 5.41) is 10.9. The quantitative estimate of drug-likeness (QED) is 0.853. The molecule has 0 bridgehead atoms. The van der Waals surface area contributed by atoms with Gasteiger partial charge in [-0.25, -0.2) is 4.98 Å². The van der Waals surface area contributed by atoms with Crippen molar-refractivity contribution in [2.45, 2.75) is 19.1 Å². The van der Waals surface area contributed by atoms with Crippen LogP contribution in [-0.4, -0.2) is 46.5 Å². The number of nitrogens with one attached hydrogen (secondary N) is 1. The van der Waals surface area contributed by atoms with Gasteiger partial charge in [0, 0.05) is 31.2 Å². The van der Waals surface area contributed by atoms with Crippen molar-refractivity contribution in [3.8, 4) is 0 Å². The van der Waals surface area contributed by atoms with Crippen LogP contribution in [0.1, 0.15) is 22.9 Å². The molecule has 0 fully saturated rings. The number of aromatic amines is 1. The fourth-order valence-electron chi connectivity index (χ4n) is 2.79. The summed E-state index contributed by atoms with van der Waals surface area (Å²) in [6.45, 7) is 0.562. The molecule has 1 aromatic heterocycles. The van der Waals surface area contributed by atoms with E-state index in [-0.39, 0.29) is 12.1 Å². The Kier molecular flexibility index (Phi) is 4.78. The zero-order valence-electron chi connectivity index (χ0n) is 14.0. The van der Waals surface area contributed by atoms with Crippen molar-refractivity contribution >= 4 is 23.5 Å². The van der Waals surface area contributed by atoms with E-state index in [4.69, 9.17) is 11.6 Å². The highest BCUT2D eigenvalue weighted by molar-refractivity contribution is 6.30. The number of aromatic nitrogens is 2. The van der Waals surface area contributed by atoms with Crippen molar-refractivity contribution in [2.75, 3.05) is 25.5 Å². The highest BCUT2D eigenvalue weighted by Crippen LogP contribution is 2.22. The second-order valence-electron chi connectivity index (χ2n) is 6.17. The molecule has 1 aliphatic heterocycles. The Hall–Kier alpha value is -2.38. The van der Waals surface area contributed by atoms with Gasteiger partial charge in [-0.15, -0.1) is 0 Å². The Morgan fingerprint density at radius 1 is 1.36 bits per heavy atom. The molecule has 3 rings (SSSR count). The molecule has 0 saturated heterocycles. The van der Waals surface area contributed by atoms with E-state index in [2.05, 4.69) is 9.97 Å². The van der Waals surface area contributed by atoms with E-state index in [9.17, 15) is 14.7 Å². The zero-order chi connectivity index (χ0) is 18.1. The molecule has 1 aromatic carbocycles. The average molecular weight is 363 g/mol. The van der Waals surface area contributed by atoms with Crippen molar-refractivity contribution in [2.24, 2.45) is 0 Å². The largest absolute Gasteiger partial charge is 0.378 e. The Labute approximate surface area is 149 Å². The van der Waals surface area contributed by atoms with Crippen LogP contribution < -0.4 is 10.5 Å². The van der Waals surface area contributed by atoms with Gasteiger partial charge >= 0.3 is 0 Å². The Morgan fingerprint density at radius 3 is 2.68 bits per heavy atom. The van der Waals surface area contributed by atoms with Crippen molar-refractivity contribution in [1.29, 1.82) is 0 Å². The first-order valence-electron chi connectivity index (χ1n) is 7.88. The first-order chi connectivity index (χ1) is 11.9. The molecule has 0 spiro atoms. The number of rotatable bonds is 3. The lowest BCUT2D eigenvalue weighted by atomic mass is 10.0. The van der Waals surface area contributed by atoms with Crippen molar-refractivity contribution in [3.63, 3.8) is 0 Å². The van der Waals surface area contributed by atoms with Gasteiger partial charge in [-0.05, 0) is 24.1 Å². The second-order valence-corrected chi connectivity index (χ2v) is 6.61. The van der Waals surface area contributed by atoms with Crippen LogP contribution in [0.4, 0.5) is 5.95 Å². The number of aliphatic hydroxyl groups excluding tert-OH is 1. The molecule has 8 heteroatoms. The number of nitrogens with zero attached hydrogens (tertiary/aromatic N) is 3. The van der Waals surface area contributed by atoms with Gasteiger partial charge in [-0.1, -0.05) is 23.7 Å². The first-order valence-corrected chi connectivity index (χ1v) is 8.26. The second kappa shape index (κ2) is 6.85. The monoisotopic (exact) mass is 362 g/mol. The highest BCUT2D eigenvalue weighted by atomic mass is 35.5. The normalized spacial score (nSPS) is 14.8. The molecule has 2 heterocycles. The summed E-state index contributed by atoms with van der Waals surface area (Å²) in [7, 11) is 3.56. The van der Waals surface area contributed by atoms with Crippen LogP contribution >= 0.6 is 11.6 Å². The molecule has 0 unspecified atom stereocenters. The maximum Gasteiger partial charge on any atom is 0.256 e. The van der Waals surface area contributed by atoms with E-state index >= 15 is 0 Å². The number of fused-ring (bicyclic) bond motifs is 1. The fraction of sp³-hybridized carbons (Fsp3) is 0.353. The lowest BCUT2D eigenvalue weighted by Gasteiger charge is -2.30. The van der Waals surface area contributed by atoms with Crippen LogP contribution in [-0.2, 0) is 17.8 Å². The van der Waals surface area contributed by atoms with Gasteiger partial charge in [0.05, 0.1) is 12.2 Å². The van der Waals surface area contributed by atoms with Gasteiger partial charge in [0.2, 0.25) is 5.95 Å². The summed E-state index contributed by atoms with van der Waals surface area (Å²) in [5.41, 5.74) is 1.46. The molecule has 1 aliphatic rings. The fourth-order valence-corrected chi connectivity index (χ4v) is 2.91. The molecule has 0 saturated carbocycles. The third-order valence-electron chi connectivity index (χ3n) is 4.22. The number of halogens is 1. The summed E-state index contributed by atoms with van der Waals surface area (Å²) in [4.78, 5) is 35.2. The minimum absolute atomic E-state index is 0.181. The number of carbonyl (C=O) groups is 1. The molecule has 132 valence electrons. The minimum atomic E-state index is -1.27. The SMILES string of the molecule is CN(C)c1nc2c(c(=O)[nH]1)CCN(C(=O)[C@H](O)c1ccc(Cl)cc1)C2. The molecule has 7 nitrogen and oxygen atoms in total. The molecule has 0 radical (unpaired) electrons. The van der Waals surface area contributed by atoms with Crippen molar-refractivity contribution in [3.05, 3.63) is 56.5 Å². The zero-order valence-corrected chi connectivity index (χ0v) is 14.7. The number of hydrogen-bond donors (Lipinski definition) is 2. The minimum Gasteiger partial charge on any atom is -0.378 e. The molecule has 25 heavy (non-hydrogen) atoms. The van der Waals surface area contributed by atoms with Crippen LogP contribution in [0, 0.1) is 0 Å². The molecular weight excluding hydrogens is 344 g/mol. The smallest absolute Gasteiger partial charge is 0.256 e. The van der Waals surface area contributed by atoms with Gasteiger partial charge in [-0.3, -0.25) is 14.6 Å². The Balaban J connectivity index is 1.83. The number of anilines is 1. The maximum atomic E-state index is 12.6. The van der Waals surface area contributed by atoms with E-state index in [1.54, 1.807) is 43.3 Å². The number of carbonyl (C=O) groups excluding carboxylic acids is 1. The summed E-state index contributed by atoms with van der Waals surface area (Å²) in [6, 6.07) is 6.50. The van der Waals surface area contributed by atoms with Crippen LogP contribution in [0.5, 0.6) is 0 Å². The van der Waals surface area contributed by atoms with Crippen LogP contribution in [0.15, 0.2) is 29.1 Å².